The van der Waals surface area contributed by atoms with Gasteiger partial charge in [0.05, 0.1) is 24.8 Å². The number of imidazole rings is 1. The van der Waals surface area contributed by atoms with E-state index in [4.69, 9.17) is 4.74 Å². The van der Waals surface area contributed by atoms with Crippen LogP contribution in [0.1, 0.15) is 25.5 Å². The van der Waals surface area contributed by atoms with Crippen molar-refractivity contribution in [2.75, 3.05) is 26.7 Å². The van der Waals surface area contributed by atoms with Crippen molar-refractivity contribution in [1.82, 2.24) is 19.6 Å². The average Bonchev–Trinajstić information content (AvgIpc) is 3.05. The largest absolute Gasteiger partial charge is 0.466 e. The Labute approximate surface area is 161 Å². The van der Waals surface area contributed by atoms with Gasteiger partial charge in [-0.05, 0) is 47.8 Å². The highest BCUT2D eigenvalue weighted by Gasteiger charge is 2.27. The number of halogens is 1. The van der Waals surface area contributed by atoms with Crippen LogP contribution in [0.2, 0.25) is 0 Å². The van der Waals surface area contributed by atoms with Crippen LogP contribution < -0.4 is 5.32 Å². The predicted molar refractivity (Wildman–Crippen MR) is 104 cm³/mol. The van der Waals surface area contributed by atoms with Crippen LogP contribution in [0.4, 0.5) is 0 Å². The van der Waals surface area contributed by atoms with Crippen molar-refractivity contribution >= 4 is 33.5 Å². The van der Waals surface area contributed by atoms with E-state index in [0.717, 1.165) is 47.7 Å². The number of fused-ring (bicyclic) bond motifs is 1. The lowest BCUT2D eigenvalue weighted by molar-refractivity contribution is -0.149. The van der Waals surface area contributed by atoms with E-state index in [1.54, 1.807) is 7.05 Å². The van der Waals surface area contributed by atoms with Gasteiger partial charge in [0.1, 0.15) is 5.65 Å². The fourth-order valence-corrected chi connectivity index (χ4v) is 3.54. The Morgan fingerprint density at radius 3 is 2.85 bits per heavy atom. The molecule has 2 aromatic heterocycles. The molecule has 1 saturated heterocycles. The first-order valence-corrected chi connectivity index (χ1v) is 9.65. The van der Waals surface area contributed by atoms with E-state index in [1.807, 2.05) is 35.9 Å². The third kappa shape index (κ3) is 4.35. The highest BCUT2D eigenvalue weighted by Crippen LogP contribution is 2.19. The van der Waals surface area contributed by atoms with Crippen molar-refractivity contribution in [3.8, 4) is 0 Å². The summed E-state index contributed by atoms with van der Waals surface area (Å²) in [4.78, 5) is 23.0. The second kappa shape index (κ2) is 8.53. The number of guanidine groups is 1. The molecule has 3 rings (SSSR count). The van der Waals surface area contributed by atoms with Gasteiger partial charge >= 0.3 is 5.97 Å². The molecule has 0 aromatic carbocycles. The van der Waals surface area contributed by atoms with Crippen LogP contribution in [0.25, 0.3) is 5.65 Å². The summed E-state index contributed by atoms with van der Waals surface area (Å²) in [5, 5.41) is 3.37. The molecule has 140 valence electrons. The Bertz CT molecular complexity index is 796. The molecule has 0 atom stereocenters. The molecule has 1 aliphatic heterocycles. The summed E-state index contributed by atoms with van der Waals surface area (Å²) in [6, 6.07) is 3.95. The maximum absolute atomic E-state index is 11.9. The minimum atomic E-state index is -0.0778. The van der Waals surface area contributed by atoms with Crippen molar-refractivity contribution in [2.45, 2.75) is 26.3 Å². The zero-order valence-electron chi connectivity index (χ0n) is 15.1. The van der Waals surface area contributed by atoms with E-state index in [2.05, 4.69) is 36.1 Å². The van der Waals surface area contributed by atoms with E-state index in [9.17, 15) is 4.79 Å². The van der Waals surface area contributed by atoms with Gasteiger partial charge in [-0.3, -0.25) is 9.79 Å². The quantitative estimate of drug-likeness (QED) is 0.466. The zero-order valence-corrected chi connectivity index (χ0v) is 16.7. The summed E-state index contributed by atoms with van der Waals surface area (Å²) in [6.07, 6.45) is 5.58. The first-order valence-electron chi connectivity index (χ1n) is 8.86. The third-order valence-corrected chi connectivity index (χ3v) is 4.99. The topological polar surface area (TPSA) is 71.2 Å². The van der Waals surface area contributed by atoms with Crippen LogP contribution in [-0.4, -0.2) is 53.0 Å². The van der Waals surface area contributed by atoms with E-state index in [0.29, 0.717) is 13.2 Å². The number of aromatic nitrogens is 2. The Morgan fingerprint density at radius 2 is 2.15 bits per heavy atom. The van der Waals surface area contributed by atoms with Crippen molar-refractivity contribution in [3.05, 3.63) is 34.7 Å². The molecule has 1 fully saturated rings. The van der Waals surface area contributed by atoms with Crippen LogP contribution >= 0.6 is 15.9 Å². The number of ether oxygens (including phenoxy) is 1. The number of esters is 1. The minimum absolute atomic E-state index is 0.00110. The number of rotatable bonds is 4. The van der Waals surface area contributed by atoms with E-state index < -0.39 is 0 Å². The lowest BCUT2D eigenvalue weighted by Crippen LogP contribution is -2.46. The molecule has 3 heterocycles. The zero-order chi connectivity index (χ0) is 18.5. The van der Waals surface area contributed by atoms with Gasteiger partial charge in [0, 0.05) is 37.0 Å². The first kappa shape index (κ1) is 18.7. The molecule has 0 radical (unpaired) electrons. The fraction of sp³-hybridized carbons (Fsp3) is 0.500. The number of nitrogens with zero attached hydrogens (tertiary/aromatic N) is 4. The van der Waals surface area contributed by atoms with Gasteiger partial charge in [-0.15, -0.1) is 0 Å². The molecule has 0 aliphatic carbocycles. The molecule has 0 spiro atoms. The molecule has 8 heteroatoms. The second-order valence-electron chi connectivity index (χ2n) is 6.26. The molecule has 26 heavy (non-hydrogen) atoms. The van der Waals surface area contributed by atoms with Crippen LogP contribution in [-0.2, 0) is 16.1 Å². The molecule has 2 aromatic rings. The molecular weight excluding hydrogens is 398 g/mol. The van der Waals surface area contributed by atoms with Crippen molar-refractivity contribution in [1.29, 1.82) is 0 Å². The Kier molecular flexibility index (Phi) is 6.13. The van der Waals surface area contributed by atoms with Gasteiger partial charge in [0.15, 0.2) is 5.96 Å². The van der Waals surface area contributed by atoms with Gasteiger partial charge in [0.2, 0.25) is 0 Å². The molecule has 0 bridgehead atoms. The average molecular weight is 422 g/mol. The lowest BCUT2D eigenvalue weighted by atomic mass is 9.97. The van der Waals surface area contributed by atoms with E-state index >= 15 is 0 Å². The summed E-state index contributed by atoms with van der Waals surface area (Å²) >= 11 is 3.47. The van der Waals surface area contributed by atoms with Crippen molar-refractivity contribution in [2.24, 2.45) is 10.9 Å². The SMILES string of the molecule is CCOC(=O)C1CCN(C(=NC)NCc2cn3cc(Br)ccc3n2)CC1. The fourth-order valence-electron chi connectivity index (χ4n) is 3.19. The highest BCUT2D eigenvalue weighted by molar-refractivity contribution is 9.10. The number of carbonyl (C=O) groups is 1. The van der Waals surface area contributed by atoms with Gasteiger partial charge < -0.3 is 19.4 Å². The van der Waals surface area contributed by atoms with Crippen molar-refractivity contribution < 1.29 is 9.53 Å². The second-order valence-corrected chi connectivity index (χ2v) is 7.17. The number of nitrogens with one attached hydrogen (secondary N) is 1. The van der Waals surface area contributed by atoms with E-state index in [-0.39, 0.29) is 11.9 Å². The van der Waals surface area contributed by atoms with Crippen LogP contribution in [0.5, 0.6) is 0 Å². The van der Waals surface area contributed by atoms with Crippen LogP contribution in [0, 0.1) is 5.92 Å². The molecular formula is C18H24BrN5O2. The summed E-state index contributed by atoms with van der Waals surface area (Å²) in [7, 11) is 1.78. The molecule has 0 unspecified atom stereocenters. The number of pyridine rings is 1. The number of hydrogen-bond donors (Lipinski definition) is 1. The number of piperidine rings is 1. The van der Waals surface area contributed by atoms with Crippen molar-refractivity contribution in [3.63, 3.8) is 0 Å². The first-order chi connectivity index (χ1) is 12.6. The van der Waals surface area contributed by atoms with Gasteiger partial charge in [0.25, 0.3) is 0 Å². The summed E-state index contributed by atoms with van der Waals surface area (Å²) < 4.78 is 8.14. The molecule has 0 amide bonds. The van der Waals surface area contributed by atoms with Gasteiger partial charge in [-0.2, -0.15) is 0 Å². The number of hydrogen-bond acceptors (Lipinski definition) is 4. The van der Waals surface area contributed by atoms with Gasteiger partial charge in [-0.25, -0.2) is 4.98 Å². The smallest absolute Gasteiger partial charge is 0.309 e. The Hall–Kier alpha value is -2.09. The Balaban J connectivity index is 1.55. The third-order valence-electron chi connectivity index (χ3n) is 4.52. The standard InChI is InChI=1S/C18H24BrN5O2/c1-3-26-17(25)13-6-8-23(9-7-13)18(20-2)21-10-15-12-24-11-14(19)4-5-16(24)22-15/h4-5,11-13H,3,6-10H2,1-2H3,(H,20,21). The highest BCUT2D eigenvalue weighted by atomic mass is 79.9. The molecule has 1 aliphatic rings. The molecule has 0 saturated carbocycles. The summed E-state index contributed by atoms with van der Waals surface area (Å²) in [5.74, 6) is 0.762. The molecule has 1 N–H and O–H groups in total. The normalized spacial score (nSPS) is 16.1. The van der Waals surface area contributed by atoms with Gasteiger partial charge in [-0.1, -0.05) is 0 Å². The monoisotopic (exact) mass is 421 g/mol. The van der Waals surface area contributed by atoms with Crippen LogP contribution in [0.15, 0.2) is 34.0 Å². The maximum Gasteiger partial charge on any atom is 0.309 e. The predicted octanol–water partition coefficient (Wildman–Crippen LogP) is 2.45. The summed E-state index contributed by atoms with van der Waals surface area (Å²) in [5.41, 5.74) is 1.86. The minimum Gasteiger partial charge on any atom is -0.466 e. The summed E-state index contributed by atoms with van der Waals surface area (Å²) in [6.45, 7) is 4.47. The number of likely N-dealkylation sites (tertiary alicyclic amines) is 1. The number of carbonyl (C=O) groups excluding carboxylic acids is 1. The number of aliphatic imine (C=N–C) groups is 1. The Morgan fingerprint density at radius 1 is 1.38 bits per heavy atom. The van der Waals surface area contributed by atoms with E-state index in [1.165, 1.54) is 0 Å². The van der Waals surface area contributed by atoms with Crippen LogP contribution in [0.3, 0.4) is 0 Å². The lowest BCUT2D eigenvalue weighted by Gasteiger charge is -2.33. The maximum atomic E-state index is 11.9. The molecule has 7 nitrogen and oxygen atoms in total.